The van der Waals surface area contributed by atoms with Gasteiger partial charge in [-0.15, -0.1) is 0 Å². The maximum Gasteiger partial charge on any atom is 0.408 e. The van der Waals surface area contributed by atoms with Gasteiger partial charge in [0.2, 0.25) is 0 Å². The van der Waals surface area contributed by atoms with E-state index in [-0.39, 0.29) is 5.91 Å². The van der Waals surface area contributed by atoms with E-state index >= 15 is 0 Å². The fourth-order valence-electron chi connectivity index (χ4n) is 1.80. The number of nitrogens with one attached hydrogen (secondary N) is 1. The van der Waals surface area contributed by atoms with E-state index in [1.165, 1.54) is 5.06 Å². The van der Waals surface area contributed by atoms with E-state index in [1.807, 2.05) is 30.3 Å². The molecule has 114 valence electrons. The molecule has 1 unspecified atom stereocenters. The molecule has 1 fully saturated rings. The Morgan fingerprint density at radius 1 is 1.33 bits per heavy atom. The molecule has 1 aliphatic heterocycles. The number of ether oxygens (including phenoxy) is 1. The molecule has 2 rings (SSSR count). The molecule has 21 heavy (non-hydrogen) atoms. The molecule has 6 nitrogen and oxygen atoms in total. The van der Waals surface area contributed by atoms with Gasteiger partial charge >= 0.3 is 6.09 Å². The predicted octanol–water partition coefficient (Wildman–Crippen LogP) is 1.85. The summed E-state index contributed by atoms with van der Waals surface area (Å²) in [6.45, 7) is 5.95. The maximum atomic E-state index is 11.8. The topological polar surface area (TPSA) is 67.9 Å². The van der Waals surface area contributed by atoms with Crippen molar-refractivity contribution < 1.29 is 19.2 Å². The Labute approximate surface area is 124 Å². The normalized spacial score (nSPS) is 18.1. The van der Waals surface area contributed by atoms with Gasteiger partial charge in [0.15, 0.2) is 0 Å². The van der Waals surface area contributed by atoms with Gasteiger partial charge in [0, 0.05) is 0 Å². The number of hydrogen-bond acceptors (Lipinski definition) is 4. The number of benzene rings is 1. The van der Waals surface area contributed by atoms with Crippen LogP contribution in [0.5, 0.6) is 0 Å². The summed E-state index contributed by atoms with van der Waals surface area (Å²) in [5, 5.41) is 3.76. The predicted molar refractivity (Wildman–Crippen MR) is 76.1 cm³/mol. The number of alkyl carbamates (subject to hydrolysis) is 1. The van der Waals surface area contributed by atoms with Crippen LogP contribution in [-0.4, -0.2) is 35.3 Å². The van der Waals surface area contributed by atoms with Crippen molar-refractivity contribution >= 4 is 12.0 Å². The van der Waals surface area contributed by atoms with Gasteiger partial charge in [-0.3, -0.25) is 9.63 Å². The lowest BCUT2D eigenvalue weighted by atomic mass is 10.1. The summed E-state index contributed by atoms with van der Waals surface area (Å²) >= 11 is 0. The quantitative estimate of drug-likeness (QED) is 0.860. The van der Waals surface area contributed by atoms with Crippen LogP contribution in [0.25, 0.3) is 0 Å². The molecule has 0 aliphatic carbocycles. The monoisotopic (exact) mass is 292 g/mol. The molecule has 0 radical (unpaired) electrons. The second-order valence-corrected chi connectivity index (χ2v) is 5.86. The second kappa shape index (κ2) is 6.13. The van der Waals surface area contributed by atoms with Crippen LogP contribution in [-0.2, 0) is 21.0 Å². The van der Waals surface area contributed by atoms with Crippen molar-refractivity contribution in [1.82, 2.24) is 10.4 Å². The molecule has 1 aromatic carbocycles. The van der Waals surface area contributed by atoms with E-state index in [9.17, 15) is 9.59 Å². The summed E-state index contributed by atoms with van der Waals surface area (Å²) in [6.07, 6.45) is -0.594. The Balaban J connectivity index is 1.72. The maximum absolute atomic E-state index is 11.8. The Morgan fingerprint density at radius 2 is 2.00 bits per heavy atom. The Morgan fingerprint density at radius 3 is 2.57 bits per heavy atom. The van der Waals surface area contributed by atoms with E-state index in [1.54, 1.807) is 20.8 Å². The van der Waals surface area contributed by atoms with Gasteiger partial charge in [-0.2, -0.15) is 0 Å². The highest BCUT2D eigenvalue weighted by molar-refractivity contribution is 5.90. The molecule has 0 bridgehead atoms. The van der Waals surface area contributed by atoms with Crippen molar-refractivity contribution in [2.45, 2.75) is 39.0 Å². The molecular weight excluding hydrogens is 272 g/mol. The number of carbonyl (C=O) groups excluding carboxylic acids is 2. The van der Waals surface area contributed by atoms with Crippen LogP contribution in [0.1, 0.15) is 26.3 Å². The lowest BCUT2D eigenvalue weighted by Crippen LogP contribution is -2.63. The standard InChI is InChI=1S/C15H20N2O4/c1-15(2,3)21-14(19)16-12-9-17(13(12)18)20-10-11-7-5-4-6-8-11/h4-8,12H,9-10H2,1-3H3,(H,16,19). The highest BCUT2D eigenvalue weighted by atomic mass is 16.7. The summed E-state index contributed by atoms with van der Waals surface area (Å²) in [5.74, 6) is -0.267. The number of hydrogen-bond donors (Lipinski definition) is 1. The Hall–Kier alpha value is -2.08. The average molecular weight is 292 g/mol. The lowest BCUT2D eigenvalue weighted by molar-refractivity contribution is -0.218. The number of rotatable bonds is 4. The number of β-lactam (4-membered cyclic amide) rings is 1. The SMILES string of the molecule is CC(C)(C)OC(=O)NC1CN(OCc2ccccc2)C1=O. The van der Waals surface area contributed by atoms with Crippen LogP contribution >= 0.6 is 0 Å². The van der Waals surface area contributed by atoms with Crippen molar-refractivity contribution in [3.05, 3.63) is 35.9 Å². The lowest BCUT2D eigenvalue weighted by Gasteiger charge is -2.37. The minimum atomic E-state index is -0.594. The Bertz CT molecular complexity index is 510. The molecule has 1 saturated heterocycles. The molecule has 0 aromatic heterocycles. The van der Waals surface area contributed by atoms with Crippen molar-refractivity contribution in [2.24, 2.45) is 0 Å². The molecular formula is C15H20N2O4. The van der Waals surface area contributed by atoms with E-state index < -0.39 is 17.7 Å². The second-order valence-electron chi connectivity index (χ2n) is 5.86. The van der Waals surface area contributed by atoms with Crippen LogP contribution in [0.3, 0.4) is 0 Å². The van der Waals surface area contributed by atoms with Crippen molar-refractivity contribution in [3.8, 4) is 0 Å². The molecule has 0 spiro atoms. The van der Waals surface area contributed by atoms with Gasteiger partial charge in [0.25, 0.3) is 5.91 Å². The highest BCUT2D eigenvalue weighted by Crippen LogP contribution is 2.14. The number of amides is 2. The Kier molecular flexibility index (Phi) is 4.47. The van der Waals surface area contributed by atoms with Crippen LogP contribution in [0.15, 0.2) is 30.3 Å². The minimum absolute atomic E-state index is 0.267. The van der Waals surface area contributed by atoms with E-state index in [4.69, 9.17) is 9.57 Å². The summed E-state index contributed by atoms with van der Waals surface area (Å²) in [7, 11) is 0. The van der Waals surface area contributed by atoms with E-state index in [0.29, 0.717) is 13.2 Å². The number of nitrogens with zero attached hydrogens (tertiary/aromatic N) is 1. The van der Waals surface area contributed by atoms with Gasteiger partial charge in [-0.05, 0) is 26.3 Å². The third kappa shape index (κ3) is 4.46. The fraction of sp³-hybridized carbons (Fsp3) is 0.467. The van der Waals surface area contributed by atoms with E-state index in [2.05, 4.69) is 5.32 Å². The molecule has 6 heteroatoms. The smallest absolute Gasteiger partial charge is 0.408 e. The van der Waals surface area contributed by atoms with Gasteiger partial charge in [-0.25, -0.2) is 9.86 Å². The minimum Gasteiger partial charge on any atom is -0.444 e. The zero-order chi connectivity index (χ0) is 15.5. The zero-order valence-corrected chi connectivity index (χ0v) is 12.5. The van der Waals surface area contributed by atoms with Crippen molar-refractivity contribution in [2.75, 3.05) is 6.54 Å². The van der Waals surface area contributed by atoms with Gasteiger partial charge in [-0.1, -0.05) is 30.3 Å². The van der Waals surface area contributed by atoms with Crippen molar-refractivity contribution in [3.63, 3.8) is 0 Å². The van der Waals surface area contributed by atoms with Crippen molar-refractivity contribution in [1.29, 1.82) is 0 Å². The van der Waals surface area contributed by atoms with Crippen LogP contribution in [0.2, 0.25) is 0 Å². The summed E-state index contributed by atoms with van der Waals surface area (Å²) in [5.41, 5.74) is 0.397. The molecule has 1 atom stereocenters. The molecule has 1 aliphatic rings. The zero-order valence-electron chi connectivity index (χ0n) is 12.5. The van der Waals surface area contributed by atoms with Crippen LogP contribution < -0.4 is 5.32 Å². The number of carbonyl (C=O) groups is 2. The summed E-state index contributed by atoms with van der Waals surface area (Å²) in [4.78, 5) is 28.7. The molecule has 0 saturated carbocycles. The number of hydroxylamine groups is 2. The summed E-state index contributed by atoms with van der Waals surface area (Å²) in [6, 6.07) is 8.99. The van der Waals surface area contributed by atoms with Crippen LogP contribution in [0, 0.1) is 0 Å². The first-order valence-electron chi connectivity index (χ1n) is 6.83. The van der Waals surface area contributed by atoms with Gasteiger partial charge in [0.05, 0.1) is 6.54 Å². The summed E-state index contributed by atoms with van der Waals surface area (Å²) < 4.78 is 5.10. The van der Waals surface area contributed by atoms with Gasteiger partial charge < -0.3 is 10.1 Å². The average Bonchev–Trinajstić information content (AvgIpc) is 2.40. The van der Waals surface area contributed by atoms with Gasteiger partial charge in [0.1, 0.15) is 18.2 Å². The molecule has 1 aromatic rings. The highest BCUT2D eigenvalue weighted by Gasteiger charge is 2.39. The molecule has 1 heterocycles. The third-order valence-corrected chi connectivity index (χ3v) is 2.81. The molecule has 1 N–H and O–H groups in total. The molecule has 2 amide bonds. The first kappa shape index (κ1) is 15.3. The van der Waals surface area contributed by atoms with Crippen LogP contribution in [0.4, 0.5) is 4.79 Å². The fourth-order valence-corrected chi connectivity index (χ4v) is 1.80. The van der Waals surface area contributed by atoms with E-state index in [0.717, 1.165) is 5.56 Å². The first-order chi connectivity index (χ1) is 9.85. The largest absolute Gasteiger partial charge is 0.444 e. The third-order valence-electron chi connectivity index (χ3n) is 2.81. The first-order valence-corrected chi connectivity index (χ1v) is 6.83.